The first-order valence-corrected chi connectivity index (χ1v) is 4.85. The number of carbonyl (C=O) groups excluding carboxylic acids is 1. The van der Waals surface area contributed by atoms with Gasteiger partial charge < -0.3 is 5.32 Å². The molecule has 1 fully saturated rings. The Morgan fingerprint density at radius 1 is 1.69 bits per heavy atom. The van der Waals surface area contributed by atoms with Crippen molar-refractivity contribution in [1.29, 1.82) is 0 Å². The maximum atomic E-state index is 11.0. The SMILES string of the molecule is CONC(=O)CCC1CCCNC1. The van der Waals surface area contributed by atoms with Gasteiger partial charge in [-0.1, -0.05) is 0 Å². The zero-order valence-corrected chi connectivity index (χ0v) is 8.14. The second-order valence-electron chi connectivity index (χ2n) is 3.48. The van der Waals surface area contributed by atoms with Crippen LogP contribution in [0.2, 0.25) is 0 Å². The van der Waals surface area contributed by atoms with Crippen LogP contribution in [0.5, 0.6) is 0 Å². The summed E-state index contributed by atoms with van der Waals surface area (Å²) in [4.78, 5) is 15.6. The standard InChI is InChI=1S/C9H18N2O2/c1-13-11-9(12)5-4-8-3-2-6-10-7-8/h8,10H,2-7H2,1H3,(H,11,12). The van der Waals surface area contributed by atoms with Crippen molar-refractivity contribution in [2.45, 2.75) is 25.7 Å². The lowest BCUT2D eigenvalue weighted by Crippen LogP contribution is -2.31. The molecule has 76 valence electrons. The van der Waals surface area contributed by atoms with Gasteiger partial charge in [0.2, 0.25) is 5.91 Å². The Labute approximate surface area is 79.0 Å². The first-order chi connectivity index (χ1) is 6.33. The molecular formula is C9H18N2O2. The number of carbonyl (C=O) groups is 1. The van der Waals surface area contributed by atoms with Gasteiger partial charge in [0.15, 0.2) is 0 Å². The Morgan fingerprint density at radius 2 is 2.54 bits per heavy atom. The predicted octanol–water partition coefficient (Wildman–Crippen LogP) is 0.444. The van der Waals surface area contributed by atoms with Gasteiger partial charge in [0.25, 0.3) is 0 Å². The third kappa shape index (κ3) is 4.24. The molecule has 1 saturated heterocycles. The fourth-order valence-electron chi connectivity index (χ4n) is 1.67. The Bertz CT molecular complexity index is 156. The third-order valence-electron chi connectivity index (χ3n) is 2.39. The summed E-state index contributed by atoms with van der Waals surface area (Å²) in [6.45, 7) is 2.18. The zero-order chi connectivity index (χ0) is 9.52. The van der Waals surface area contributed by atoms with Crippen molar-refractivity contribution in [3.8, 4) is 0 Å². The van der Waals surface area contributed by atoms with Crippen LogP contribution < -0.4 is 10.8 Å². The molecule has 0 aromatic rings. The largest absolute Gasteiger partial charge is 0.316 e. The molecule has 0 aliphatic carbocycles. The summed E-state index contributed by atoms with van der Waals surface area (Å²) < 4.78 is 0. The van der Waals surface area contributed by atoms with Gasteiger partial charge in [-0.15, -0.1) is 0 Å². The normalized spacial score (nSPS) is 22.7. The second kappa shape index (κ2) is 5.94. The summed E-state index contributed by atoms with van der Waals surface area (Å²) in [6, 6.07) is 0. The molecule has 1 heterocycles. The van der Waals surface area contributed by atoms with Crippen LogP contribution in [0.3, 0.4) is 0 Å². The maximum Gasteiger partial charge on any atom is 0.243 e. The topological polar surface area (TPSA) is 50.4 Å². The molecule has 0 bridgehead atoms. The zero-order valence-electron chi connectivity index (χ0n) is 8.14. The van der Waals surface area contributed by atoms with Crippen molar-refractivity contribution >= 4 is 5.91 Å². The highest BCUT2D eigenvalue weighted by atomic mass is 16.6. The van der Waals surface area contributed by atoms with Crippen LogP contribution in [-0.2, 0) is 9.63 Å². The lowest BCUT2D eigenvalue weighted by molar-refractivity contribution is -0.131. The second-order valence-corrected chi connectivity index (χ2v) is 3.48. The Hall–Kier alpha value is -0.610. The van der Waals surface area contributed by atoms with Crippen LogP contribution in [-0.4, -0.2) is 26.1 Å². The smallest absolute Gasteiger partial charge is 0.243 e. The number of hydroxylamine groups is 1. The maximum absolute atomic E-state index is 11.0. The number of nitrogens with one attached hydrogen (secondary N) is 2. The molecule has 4 heteroatoms. The third-order valence-corrected chi connectivity index (χ3v) is 2.39. The summed E-state index contributed by atoms with van der Waals surface area (Å²) in [7, 11) is 1.46. The van der Waals surface area contributed by atoms with Crippen molar-refractivity contribution < 1.29 is 9.63 Å². The molecule has 4 nitrogen and oxygen atoms in total. The van der Waals surface area contributed by atoms with Crippen molar-refractivity contribution in [1.82, 2.24) is 10.8 Å². The van der Waals surface area contributed by atoms with Gasteiger partial charge in [-0.25, -0.2) is 5.48 Å². The highest BCUT2D eigenvalue weighted by molar-refractivity contribution is 5.74. The molecule has 1 aliphatic heterocycles. The lowest BCUT2D eigenvalue weighted by atomic mass is 9.95. The van der Waals surface area contributed by atoms with E-state index in [1.165, 1.54) is 20.0 Å². The summed E-state index contributed by atoms with van der Waals surface area (Å²) in [5.41, 5.74) is 2.33. The Morgan fingerprint density at radius 3 is 3.15 bits per heavy atom. The summed E-state index contributed by atoms with van der Waals surface area (Å²) in [6.07, 6.45) is 4.01. The predicted molar refractivity (Wildman–Crippen MR) is 50.0 cm³/mol. The molecule has 0 aromatic carbocycles. The van der Waals surface area contributed by atoms with Gasteiger partial charge in [0.1, 0.15) is 0 Å². The average molecular weight is 186 g/mol. The van der Waals surface area contributed by atoms with Crippen LogP contribution in [0.25, 0.3) is 0 Å². The molecule has 1 unspecified atom stereocenters. The van der Waals surface area contributed by atoms with Crippen molar-refractivity contribution in [2.75, 3.05) is 20.2 Å². The molecule has 0 aromatic heterocycles. The number of hydrogen-bond donors (Lipinski definition) is 2. The fraction of sp³-hybridized carbons (Fsp3) is 0.889. The molecule has 0 saturated carbocycles. The Kier molecular flexibility index (Phi) is 4.78. The van der Waals surface area contributed by atoms with Gasteiger partial charge in [-0.3, -0.25) is 9.63 Å². The van der Waals surface area contributed by atoms with Crippen LogP contribution in [0.4, 0.5) is 0 Å². The molecule has 13 heavy (non-hydrogen) atoms. The van der Waals surface area contributed by atoms with Gasteiger partial charge >= 0.3 is 0 Å². The highest BCUT2D eigenvalue weighted by Crippen LogP contribution is 2.15. The van der Waals surface area contributed by atoms with E-state index in [9.17, 15) is 4.79 Å². The lowest BCUT2D eigenvalue weighted by Gasteiger charge is -2.22. The number of amides is 1. The molecule has 0 radical (unpaired) electrons. The van der Waals surface area contributed by atoms with E-state index in [0.717, 1.165) is 19.5 Å². The Balaban J connectivity index is 2.06. The van der Waals surface area contributed by atoms with E-state index in [0.29, 0.717) is 12.3 Å². The summed E-state index contributed by atoms with van der Waals surface area (Å²) in [5, 5.41) is 3.33. The number of hydrogen-bond acceptors (Lipinski definition) is 3. The highest BCUT2D eigenvalue weighted by Gasteiger charge is 2.13. The van der Waals surface area contributed by atoms with E-state index in [-0.39, 0.29) is 5.91 Å². The van der Waals surface area contributed by atoms with E-state index in [1.54, 1.807) is 0 Å². The molecular weight excluding hydrogens is 168 g/mol. The van der Waals surface area contributed by atoms with Crippen LogP contribution in [0, 0.1) is 5.92 Å². The van der Waals surface area contributed by atoms with Gasteiger partial charge in [0, 0.05) is 6.42 Å². The van der Waals surface area contributed by atoms with Crippen molar-refractivity contribution in [2.24, 2.45) is 5.92 Å². The van der Waals surface area contributed by atoms with Gasteiger partial charge in [0.05, 0.1) is 7.11 Å². The molecule has 1 atom stereocenters. The van der Waals surface area contributed by atoms with Crippen LogP contribution in [0.15, 0.2) is 0 Å². The van der Waals surface area contributed by atoms with E-state index < -0.39 is 0 Å². The van der Waals surface area contributed by atoms with Crippen LogP contribution in [0.1, 0.15) is 25.7 Å². The summed E-state index contributed by atoms with van der Waals surface area (Å²) >= 11 is 0. The minimum atomic E-state index is -0.0203. The van der Waals surface area contributed by atoms with Gasteiger partial charge in [-0.2, -0.15) is 0 Å². The van der Waals surface area contributed by atoms with Crippen molar-refractivity contribution in [3.63, 3.8) is 0 Å². The quantitative estimate of drug-likeness (QED) is 0.626. The van der Waals surface area contributed by atoms with E-state index in [1.807, 2.05) is 0 Å². The summed E-state index contributed by atoms with van der Waals surface area (Å²) in [5.74, 6) is 0.643. The number of rotatable bonds is 4. The fourth-order valence-corrected chi connectivity index (χ4v) is 1.67. The molecule has 2 N–H and O–H groups in total. The minimum absolute atomic E-state index is 0.0203. The van der Waals surface area contributed by atoms with E-state index in [4.69, 9.17) is 0 Å². The van der Waals surface area contributed by atoms with E-state index in [2.05, 4.69) is 15.6 Å². The van der Waals surface area contributed by atoms with Crippen LogP contribution >= 0.6 is 0 Å². The van der Waals surface area contributed by atoms with Gasteiger partial charge in [-0.05, 0) is 38.3 Å². The molecule has 1 aliphatic rings. The monoisotopic (exact) mass is 186 g/mol. The first-order valence-electron chi connectivity index (χ1n) is 4.85. The molecule has 1 rings (SSSR count). The minimum Gasteiger partial charge on any atom is -0.316 e. The average Bonchev–Trinajstić information content (AvgIpc) is 2.17. The van der Waals surface area contributed by atoms with E-state index >= 15 is 0 Å². The first kappa shape index (κ1) is 10.5. The molecule has 1 amide bonds. The molecule has 0 spiro atoms. The van der Waals surface area contributed by atoms with Crippen molar-refractivity contribution in [3.05, 3.63) is 0 Å². The number of piperidine rings is 1.